The standard InChI is InChI=1S/C14H29N3O2S/c1-12(2)13-11-17(6-10-20-13)14(15-3)16-5-7-19-9-8-18-4/h12-13H,5-11H2,1-4H3,(H,15,16). The summed E-state index contributed by atoms with van der Waals surface area (Å²) >= 11 is 2.08. The SMILES string of the molecule is CN=C(NCCOCCOC)N1CCSC(C(C)C)C1. The third kappa shape index (κ3) is 6.33. The highest BCUT2D eigenvalue weighted by molar-refractivity contribution is 8.00. The lowest BCUT2D eigenvalue weighted by molar-refractivity contribution is 0.0731. The molecule has 0 bridgehead atoms. The lowest BCUT2D eigenvalue weighted by atomic mass is 10.1. The summed E-state index contributed by atoms with van der Waals surface area (Å²) in [7, 11) is 3.53. The average Bonchev–Trinajstić information content (AvgIpc) is 2.46. The van der Waals surface area contributed by atoms with Gasteiger partial charge < -0.3 is 19.7 Å². The predicted molar refractivity (Wildman–Crippen MR) is 86.7 cm³/mol. The molecule has 0 saturated carbocycles. The van der Waals surface area contributed by atoms with E-state index >= 15 is 0 Å². The van der Waals surface area contributed by atoms with Gasteiger partial charge in [0.1, 0.15) is 0 Å². The summed E-state index contributed by atoms with van der Waals surface area (Å²) in [5.41, 5.74) is 0. The van der Waals surface area contributed by atoms with Crippen LogP contribution in [0.15, 0.2) is 4.99 Å². The minimum atomic E-state index is 0.645. The van der Waals surface area contributed by atoms with Gasteiger partial charge in [-0.3, -0.25) is 4.99 Å². The number of hydrogen-bond donors (Lipinski definition) is 1. The summed E-state index contributed by atoms with van der Waals surface area (Å²) in [4.78, 5) is 6.74. The lowest BCUT2D eigenvalue weighted by Crippen LogP contribution is -2.49. The molecule has 20 heavy (non-hydrogen) atoms. The van der Waals surface area contributed by atoms with Crippen LogP contribution in [0.25, 0.3) is 0 Å². The first kappa shape index (κ1) is 17.6. The van der Waals surface area contributed by atoms with Crippen LogP contribution in [0.3, 0.4) is 0 Å². The van der Waals surface area contributed by atoms with Gasteiger partial charge in [0.15, 0.2) is 5.96 Å². The molecule has 0 spiro atoms. The first-order valence-electron chi connectivity index (χ1n) is 7.33. The molecule has 1 aliphatic rings. The van der Waals surface area contributed by atoms with Crippen molar-refractivity contribution >= 4 is 17.7 Å². The van der Waals surface area contributed by atoms with Crippen molar-refractivity contribution in [1.29, 1.82) is 0 Å². The highest BCUT2D eigenvalue weighted by Gasteiger charge is 2.24. The third-order valence-electron chi connectivity index (χ3n) is 3.31. The maximum Gasteiger partial charge on any atom is 0.193 e. The van der Waals surface area contributed by atoms with Crippen LogP contribution in [-0.4, -0.2) is 75.5 Å². The third-order valence-corrected chi connectivity index (χ3v) is 4.85. The fraction of sp³-hybridized carbons (Fsp3) is 0.929. The number of nitrogens with zero attached hydrogens (tertiary/aromatic N) is 2. The van der Waals surface area contributed by atoms with Crippen LogP contribution < -0.4 is 5.32 Å². The van der Waals surface area contributed by atoms with E-state index in [2.05, 4.69) is 40.8 Å². The van der Waals surface area contributed by atoms with Crippen molar-refractivity contribution in [3.63, 3.8) is 0 Å². The van der Waals surface area contributed by atoms with Crippen molar-refractivity contribution in [1.82, 2.24) is 10.2 Å². The molecule has 6 heteroatoms. The second kappa shape index (κ2) is 10.3. The maximum absolute atomic E-state index is 5.45. The molecule has 1 aliphatic heterocycles. The molecule has 0 aromatic carbocycles. The molecule has 1 fully saturated rings. The van der Waals surface area contributed by atoms with E-state index in [4.69, 9.17) is 9.47 Å². The fourth-order valence-electron chi connectivity index (χ4n) is 2.08. The number of thioether (sulfide) groups is 1. The molecule has 0 aliphatic carbocycles. The van der Waals surface area contributed by atoms with Crippen LogP contribution >= 0.6 is 11.8 Å². The summed E-state index contributed by atoms with van der Waals surface area (Å²) in [6.45, 7) is 9.48. The Morgan fingerprint density at radius 3 is 2.85 bits per heavy atom. The van der Waals surface area contributed by atoms with Crippen molar-refractivity contribution in [3.8, 4) is 0 Å². The number of aliphatic imine (C=N–C) groups is 1. The first-order chi connectivity index (χ1) is 9.69. The second-order valence-corrected chi connectivity index (χ2v) is 6.53. The Hall–Kier alpha value is -0.460. The Bertz CT molecular complexity index is 288. The molecule has 1 saturated heterocycles. The Kier molecular flexibility index (Phi) is 9.05. The molecular weight excluding hydrogens is 274 g/mol. The molecule has 0 amide bonds. The molecule has 1 heterocycles. The quantitative estimate of drug-likeness (QED) is 0.436. The molecule has 1 unspecified atom stereocenters. The van der Waals surface area contributed by atoms with Crippen LogP contribution in [0.2, 0.25) is 0 Å². The van der Waals surface area contributed by atoms with Crippen LogP contribution in [0.4, 0.5) is 0 Å². The Morgan fingerprint density at radius 1 is 1.40 bits per heavy atom. The molecule has 118 valence electrons. The summed E-state index contributed by atoms with van der Waals surface area (Å²) in [6.07, 6.45) is 0. The highest BCUT2D eigenvalue weighted by Crippen LogP contribution is 2.24. The number of guanidine groups is 1. The fourth-order valence-corrected chi connectivity index (χ4v) is 3.38. The topological polar surface area (TPSA) is 46.1 Å². The van der Waals surface area contributed by atoms with Gasteiger partial charge in [0.05, 0.1) is 19.8 Å². The van der Waals surface area contributed by atoms with Gasteiger partial charge in [-0.25, -0.2) is 0 Å². The molecule has 0 radical (unpaired) electrons. The van der Waals surface area contributed by atoms with Gasteiger partial charge >= 0.3 is 0 Å². The van der Waals surface area contributed by atoms with Gasteiger partial charge in [-0.2, -0.15) is 11.8 Å². The molecule has 1 rings (SSSR count). The summed E-state index contributed by atoms with van der Waals surface area (Å²) in [6, 6.07) is 0. The van der Waals surface area contributed by atoms with E-state index in [-0.39, 0.29) is 0 Å². The zero-order chi connectivity index (χ0) is 14.8. The number of methoxy groups -OCH3 is 1. The number of nitrogens with one attached hydrogen (secondary N) is 1. The average molecular weight is 303 g/mol. The van der Waals surface area contributed by atoms with Crippen LogP contribution in [0, 0.1) is 5.92 Å². The largest absolute Gasteiger partial charge is 0.382 e. The van der Waals surface area contributed by atoms with E-state index < -0.39 is 0 Å². The van der Waals surface area contributed by atoms with Crippen LogP contribution in [-0.2, 0) is 9.47 Å². The zero-order valence-corrected chi connectivity index (χ0v) is 14.0. The molecular formula is C14H29N3O2S. The van der Waals surface area contributed by atoms with Crippen LogP contribution in [0.1, 0.15) is 13.8 Å². The molecule has 1 atom stereocenters. The van der Waals surface area contributed by atoms with Gasteiger partial charge in [0.25, 0.3) is 0 Å². The minimum absolute atomic E-state index is 0.645. The second-order valence-electron chi connectivity index (χ2n) is 5.18. The normalized spacial score (nSPS) is 20.6. The predicted octanol–water partition coefficient (Wildman–Crippen LogP) is 1.30. The van der Waals surface area contributed by atoms with Gasteiger partial charge in [-0.15, -0.1) is 0 Å². The molecule has 0 aromatic heterocycles. The van der Waals surface area contributed by atoms with Crippen LogP contribution in [0.5, 0.6) is 0 Å². The van der Waals surface area contributed by atoms with Crippen molar-refractivity contribution in [2.45, 2.75) is 19.1 Å². The number of rotatable bonds is 7. The maximum atomic E-state index is 5.45. The molecule has 0 aromatic rings. The summed E-state index contributed by atoms with van der Waals surface area (Å²) < 4.78 is 10.4. The smallest absolute Gasteiger partial charge is 0.193 e. The highest BCUT2D eigenvalue weighted by atomic mass is 32.2. The Labute approximate surface area is 127 Å². The lowest BCUT2D eigenvalue weighted by Gasteiger charge is -2.36. The minimum Gasteiger partial charge on any atom is -0.382 e. The van der Waals surface area contributed by atoms with Crippen molar-refractivity contribution < 1.29 is 9.47 Å². The van der Waals surface area contributed by atoms with Crippen molar-refractivity contribution in [2.24, 2.45) is 10.9 Å². The van der Waals surface area contributed by atoms with Crippen molar-refractivity contribution in [2.75, 3.05) is 59.4 Å². The van der Waals surface area contributed by atoms with E-state index in [1.807, 2.05) is 7.05 Å². The van der Waals surface area contributed by atoms with E-state index in [0.717, 1.165) is 25.6 Å². The number of ether oxygens (including phenoxy) is 2. The van der Waals surface area contributed by atoms with Gasteiger partial charge in [0, 0.05) is 44.8 Å². The van der Waals surface area contributed by atoms with E-state index in [1.54, 1.807) is 7.11 Å². The first-order valence-corrected chi connectivity index (χ1v) is 8.37. The van der Waals surface area contributed by atoms with E-state index in [0.29, 0.717) is 31.0 Å². The monoisotopic (exact) mass is 303 g/mol. The summed E-state index contributed by atoms with van der Waals surface area (Å²) in [5, 5.41) is 4.07. The zero-order valence-electron chi connectivity index (χ0n) is 13.2. The van der Waals surface area contributed by atoms with E-state index in [1.165, 1.54) is 5.75 Å². The van der Waals surface area contributed by atoms with E-state index in [9.17, 15) is 0 Å². The number of hydrogen-bond acceptors (Lipinski definition) is 4. The summed E-state index contributed by atoms with van der Waals surface area (Å²) in [5.74, 6) is 2.87. The van der Waals surface area contributed by atoms with Gasteiger partial charge in [0.2, 0.25) is 0 Å². The Morgan fingerprint density at radius 2 is 2.20 bits per heavy atom. The Balaban J connectivity index is 2.27. The molecule has 1 N–H and O–H groups in total. The molecule has 5 nitrogen and oxygen atoms in total. The van der Waals surface area contributed by atoms with Crippen molar-refractivity contribution in [3.05, 3.63) is 0 Å². The van der Waals surface area contributed by atoms with Gasteiger partial charge in [-0.05, 0) is 5.92 Å². The van der Waals surface area contributed by atoms with Gasteiger partial charge in [-0.1, -0.05) is 13.8 Å².